The average molecular weight is 519 g/mol. The summed E-state index contributed by atoms with van der Waals surface area (Å²) in [6, 6.07) is -1.48. The maximum Gasteiger partial charge on any atom is 0.408 e. The highest BCUT2D eigenvalue weighted by Crippen LogP contribution is 2.41. The van der Waals surface area contributed by atoms with Gasteiger partial charge in [0.15, 0.2) is 22.7 Å². The van der Waals surface area contributed by atoms with Crippen LogP contribution in [-0.4, -0.2) is 64.2 Å². The summed E-state index contributed by atoms with van der Waals surface area (Å²) in [6.45, 7) is 25.2. The molecule has 0 aromatic heterocycles. The van der Waals surface area contributed by atoms with Crippen molar-refractivity contribution in [2.24, 2.45) is 5.11 Å². The fourth-order valence-electron chi connectivity index (χ4n) is 2.47. The Morgan fingerprint density at radius 2 is 1.38 bits per heavy atom. The van der Waals surface area contributed by atoms with Crippen molar-refractivity contribution in [1.82, 2.24) is 5.32 Å². The first-order valence-corrected chi connectivity index (χ1v) is 17.4. The number of carboxylic acids is 1. The minimum atomic E-state index is -2.55. The number of hydrogen-bond acceptors (Lipinski definition) is 6. The van der Waals surface area contributed by atoms with Crippen molar-refractivity contribution in [1.29, 1.82) is 0 Å². The Morgan fingerprint density at radius 3 is 1.74 bits per heavy atom. The van der Waals surface area contributed by atoms with E-state index in [2.05, 4.69) is 36.1 Å². The Morgan fingerprint density at radius 1 is 0.941 bits per heavy atom. The number of amides is 1. The SMILES string of the molecule is CC(C)(C)OC(=O)N[C@H](C(=O)O)[C@H](O[Si](C)(C)C(C)(C)C)[C@@H](CN=[N+]=[N-])O[Si](C)(C)C(C)(C)C. The van der Waals surface area contributed by atoms with Crippen LogP contribution in [0.2, 0.25) is 36.3 Å². The van der Waals surface area contributed by atoms with E-state index in [1.54, 1.807) is 20.8 Å². The smallest absolute Gasteiger partial charge is 0.408 e. The van der Waals surface area contributed by atoms with Gasteiger partial charge in [-0.1, -0.05) is 46.7 Å². The lowest BCUT2D eigenvalue weighted by Crippen LogP contribution is -2.62. The van der Waals surface area contributed by atoms with Crippen LogP contribution in [0.1, 0.15) is 62.3 Å². The largest absolute Gasteiger partial charge is 0.480 e. The standard InChI is InChI=1S/C22H46N4O6Si2/c1-20(2,3)30-19(29)25-16(18(27)28)17(32-34(12,13)22(7,8)9)15(14-24-26-23)31-33(10,11)21(4,5)6/h15-17H,14H2,1-13H3,(H,25,29)(H,27,28)/t15-,16+,17-/m1/s1. The van der Waals surface area contributed by atoms with Crippen LogP contribution in [0.5, 0.6) is 0 Å². The van der Waals surface area contributed by atoms with Crippen LogP contribution in [0, 0.1) is 0 Å². The molecule has 0 unspecified atom stereocenters. The predicted octanol–water partition coefficient (Wildman–Crippen LogP) is 6.06. The molecule has 0 aromatic carbocycles. The maximum absolute atomic E-state index is 12.6. The summed E-state index contributed by atoms with van der Waals surface area (Å²) in [5.41, 5.74) is 8.20. The monoisotopic (exact) mass is 518 g/mol. The molecule has 3 atom stereocenters. The van der Waals surface area contributed by atoms with E-state index in [-0.39, 0.29) is 16.6 Å². The lowest BCUT2D eigenvalue weighted by Gasteiger charge is -2.46. The van der Waals surface area contributed by atoms with Gasteiger partial charge in [-0.15, -0.1) is 0 Å². The van der Waals surface area contributed by atoms with Crippen molar-refractivity contribution < 1.29 is 28.3 Å². The number of azide groups is 1. The molecule has 0 bridgehead atoms. The molecule has 0 aliphatic carbocycles. The van der Waals surface area contributed by atoms with Gasteiger partial charge < -0.3 is 24.0 Å². The molecule has 0 spiro atoms. The van der Waals surface area contributed by atoms with Gasteiger partial charge in [-0.25, -0.2) is 9.59 Å². The van der Waals surface area contributed by atoms with E-state index in [1.807, 2.05) is 47.0 Å². The molecule has 34 heavy (non-hydrogen) atoms. The Kier molecular flexibility index (Phi) is 10.9. The third-order valence-electron chi connectivity index (χ3n) is 6.45. The molecular weight excluding hydrogens is 472 g/mol. The Labute approximate surface area is 207 Å². The third-order valence-corrected chi connectivity index (χ3v) is 15.4. The molecule has 0 aliphatic rings. The number of hydrogen-bond donors (Lipinski definition) is 2. The number of nitrogens with zero attached hydrogens (tertiary/aromatic N) is 3. The summed E-state index contributed by atoms with van der Waals surface area (Å²) < 4.78 is 18.4. The van der Waals surface area contributed by atoms with Gasteiger partial charge in [0.2, 0.25) is 0 Å². The third kappa shape index (κ3) is 9.95. The Bertz CT molecular complexity index is 763. The van der Waals surface area contributed by atoms with Gasteiger partial charge in [-0.2, -0.15) is 0 Å². The van der Waals surface area contributed by atoms with Gasteiger partial charge in [0.25, 0.3) is 0 Å². The quantitative estimate of drug-likeness (QED) is 0.156. The molecule has 10 nitrogen and oxygen atoms in total. The van der Waals surface area contributed by atoms with Crippen molar-refractivity contribution in [2.45, 2.75) is 122 Å². The molecule has 1 amide bonds. The van der Waals surface area contributed by atoms with Crippen LogP contribution in [0.25, 0.3) is 10.4 Å². The maximum atomic E-state index is 12.6. The number of ether oxygens (including phenoxy) is 1. The van der Waals surface area contributed by atoms with Gasteiger partial charge >= 0.3 is 12.1 Å². The molecule has 0 rings (SSSR count). The lowest BCUT2D eigenvalue weighted by atomic mass is 10.1. The molecule has 0 heterocycles. The number of carbonyl (C=O) groups is 2. The zero-order chi connectivity index (χ0) is 27.3. The van der Waals surface area contributed by atoms with Crippen molar-refractivity contribution >= 4 is 28.7 Å². The Balaban J connectivity index is 6.61. The number of rotatable bonds is 10. The highest BCUT2D eigenvalue weighted by Gasteiger charge is 2.48. The van der Waals surface area contributed by atoms with Gasteiger partial charge in [0.05, 0.1) is 12.6 Å². The number of carbonyl (C=O) groups excluding carboxylic acids is 1. The van der Waals surface area contributed by atoms with Crippen LogP contribution < -0.4 is 5.32 Å². The molecule has 0 aliphatic heterocycles. The summed E-state index contributed by atoms with van der Waals surface area (Å²) in [6.07, 6.45) is -2.87. The normalized spacial score (nSPS) is 16.1. The first-order chi connectivity index (χ1) is 14.9. The van der Waals surface area contributed by atoms with Gasteiger partial charge in [-0.05, 0) is 62.6 Å². The average Bonchev–Trinajstić information content (AvgIpc) is 2.57. The molecule has 0 fully saturated rings. The van der Waals surface area contributed by atoms with E-state index in [0.29, 0.717) is 0 Å². The number of nitrogens with one attached hydrogen (secondary N) is 1. The van der Waals surface area contributed by atoms with Crippen LogP contribution in [0.4, 0.5) is 4.79 Å². The zero-order valence-electron chi connectivity index (χ0n) is 23.3. The van der Waals surface area contributed by atoms with Gasteiger partial charge in [-0.3, -0.25) is 0 Å². The molecular formula is C22H46N4O6Si2. The molecule has 2 N–H and O–H groups in total. The molecule has 198 valence electrons. The van der Waals surface area contributed by atoms with Crippen LogP contribution in [-0.2, 0) is 18.4 Å². The summed E-state index contributed by atoms with van der Waals surface area (Å²) in [4.78, 5) is 27.9. The fraction of sp³-hybridized carbons (Fsp3) is 0.909. The summed E-state index contributed by atoms with van der Waals surface area (Å²) >= 11 is 0. The minimum absolute atomic E-state index is 0.137. The fourth-order valence-corrected chi connectivity index (χ4v) is 5.12. The first kappa shape index (κ1) is 32.4. The van der Waals surface area contributed by atoms with E-state index < -0.39 is 52.5 Å². The second-order valence-electron chi connectivity index (χ2n) is 12.6. The molecule has 0 saturated carbocycles. The van der Waals surface area contributed by atoms with Crippen molar-refractivity contribution in [2.75, 3.05) is 6.54 Å². The van der Waals surface area contributed by atoms with Crippen molar-refractivity contribution in [3.63, 3.8) is 0 Å². The Hall–Kier alpha value is -1.60. The predicted molar refractivity (Wildman–Crippen MR) is 139 cm³/mol. The second kappa shape index (κ2) is 11.4. The van der Waals surface area contributed by atoms with Crippen LogP contribution in [0.3, 0.4) is 0 Å². The molecule has 0 saturated heterocycles. The van der Waals surface area contributed by atoms with Crippen molar-refractivity contribution in [3.8, 4) is 0 Å². The van der Waals surface area contributed by atoms with Crippen LogP contribution in [0.15, 0.2) is 5.11 Å². The van der Waals surface area contributed by atoms with E-state index in [4.69, 9.17) is 19.1 Å². The van der Waals surface area contributed by atoms with E-state index in [9.17, 15) is 14.7 Å². The summed E-state index contributed by atoms with van der Waals surface area (Å²) in [5, 5.41) is 15.9. The first-order valence-electron chi connectivity index (χ1n) is 11.5. The lowest BCUT2D eigenvalue weighted by molar-refractivity contribution is -0.144. The molecule has 0 radical (unpaired) electrons. The topological polar surface area (TPSA) is 143 Å². The second-order valence-corrected chi connectivity index (χ2v) is 22.1. The molecule has 12 heteroatoms. The van der Waals surface area contributed by atoms with Gasteiger partial charge in [0.1, 0.15) is 11.7 Å². The number of aliphatic carboxylic acids is 1. The highest BCUT2D eigenvalue weighted by atomic mass is 28.4. The highest BCUT2D eigenvalue weighted by molar-refractivity contribution is 6.74. The number of carboxylic acid groups (broad SMARTS) is 1. The van der Waals surface area contributed by atoms with Crippen molar-refractivity contribution in [3.05, 3.63) is 10.4 Å². The van der Waals surface area contributed by atoms with Gasteiger partial charge in [0, 0.05) is 4.91 Å². The summed E-state index contributed by atoms with van der Waals surface area (Å²) in [5.74, 6) is -1.29. The number of alkyl carbamates (subject to hydrolysis) is 1. The zero-order valence-corrected chi connectivity index (χ0v) is 25.3. The molecule has 0 aromatic rings. The van der Waals surface area contributed by atoms with E-state index in [1.165, 1.54) is 0 Å². The van der Waals surface area contributed by atoms with Crippen LogP contribution >= 0.6 is 0 Å². The van der Waals surface area contributed by atoms with E-state index >= 15 is 0 Å². The minimum Gasteiger partial charge on any atom is -0.480 e. The summed E-state index contributed by atoms with van der Waals surface area (Å²) in [7, 11) is -5.00. The van der Waals surface area contributed by atoms with E-state index in [0.717, 1.165) is 0 Å².